The van der Waals surface area contributed by atoms with Gasteiger partial charge in [0.05, 0.1) is 6.10 Å². The van der Waals surface area contributed by atoms with Crippen molar-refractivity contribution in [2.75, 3.05) is 0 Å². The third kappa shape index (κ3) is 4.30. The van der Waals surface area contributed by atoms with Crippen LogP contribution >= 0.6 is 11.6 Å². The molecule has 2 rings (SSSR count). The van der Waals surface area contributed by atoms with Crippen LogP contribution in [0.5, 0.6) is 5.75 Å². The van der Waals surface area contributed by atoms with E-state index < -0.39 is 5.82 Å². The summed E-state index contributed by atoms with van der Waals surface area (Å²) in [5.74, 6) is 0.155. The first-order chi connectivity index (χ1) is 9.95. The number of ketones is 1. The minimum atomic E-state index is -0.413. The highest BCUT2D eigenvalue weighted by Crippen LogP contribution is 2.21. The fourth-order valence-corrected chi connectivity index (χ4v) is 2.19. The highest BCUT2D eigenvalue weighted by Gasteiger charge is 2.11. The minimum absolute atomic E-state index is 0.0434. The molecule has 110 valence electrons. The zero-order chi connectivity index (χ0) is 15.4. The molecular weight excluding hydrogens is 291 g/mol. The van der Waals surface area contributed by atoms with Crippen LogP contribution in [0.25, 0.3) is 0 Å². The van der Waals surface area contributed by atoms with E-state index in [0.29, 0.717) is 16.9 Å². The zero-order valence-corrected chi connectivity index (χ0v) is 12.7. The Morgan fingerprint density at radius 2 is 2.00 bits per heavy atom. The number of hydrogen-bond donors (Lipinski definition) is 0. The van der Waals surface area contributed by atoms with Crippen LogP contribution in [0.15, 0.2) is 42.5 Å². The fourth-order valence-electron chi connectivity index (χ4n) is 1.96. The Labute approximate surface area is 128 Å². The van der Waals surface area contributed by atoms with Crippen LogP contribution in [0.1, 0.15) is 29.8 Å². The van der Waals surface area contributed by atoms with Gasteiger partial charge in [0.25, 0.3) is 0 Å². The Morgan fingerprint density at radius 3 is 2.67 bits per heavy atom. The highest BCUT2D eigenvalue weighted by atomic mass is 35.5. The number of rotatable bonds is 5. The zero-order valence-electron chi connectivity index (χ0n) is 11.9. The van der Waals surface area contributed by atoms with Crippen molar-refractivity contribution in [3.05, 3.63) is 64.4 Å². The number of ether oxygens (including phenoxy) is 1. The van der Waals surface area contributed by atoms with Crippen LogP contribution in [0.3, 0.4) is 0 Å². The first-order valence-electron chi connectivity index (χ1n) is 6.69. The molecule has 0 atom stereocenters. The van der Waals surface area contributed by atoms with Crippen LogP contribution in [0.4, 0.5) is 4.39 Å². The lowest BCUT2D eigenvalue weighted by Gasteiger charge is -2.10. The molecule has 2 nitrogen and oxygen atoms in total. The Hall–Kier alpha value is -1.87. The van der Waals surface area contributed by atoms with E-state index >= 15 is 0 Å². The number of carbonyl (C=O) groups excluding carboxylic acids is 1. The van der Waals surface area contributed by atoms with Gasteiger partial charge >= 0.3 is 0 Å². The number of Topliss-reactive ketones (excluding diaryl/α,β-unsaturated/α-hetero) is 1. The summed E-state index contributed by atoms with van der Waals surface area (Å²) in [5.41, 5.74) is 1.16. The molecule has 0 fully saturated rings. The second-order valence-corrected chi connectivity index (χ2v) is 5.44. The molecule has 0 saturated heterocycles. The van der Waals surface area contributed by atoms with Crippen molar-refractivity contribution < 1.29 is 13.9 Å². The molecule has 2 aromatic carbocycles. The molecule has 0 aliphatic carbocycles. The van der Waals surface area contributed by atoms with Crippen molar-refractivity contribution in [1.29, 1.82) is 0 Å². The van der Waals surface area contributed by atoms with E-state index in [9.17, 15) is 9.18 Å². The molecule has 0 amide bonds. The number of carbonyl (C=O) groups is 1. The smallest absolute Gasteiger partial charge is 0.167 e. The second kappa shape index (κ2) is 6.72. The fraction of sp³-hybridized carbons (Fsp3) is 0.235. The number of halogens is 2. The summed E-state index contributed by atoms with van der Waals surface area (Å²) in [6.07, 6.45) is 0.173. The number of hydrogen-bond acceptors (Lipinski definition) is 2. The lowest BCUT2D eigenvalue weighted by atomic mass is 10.0. The van der Waals surface area contributed by atoms with Crippen LogP contribution in [0.2, 0.25) is 5.02 Å². The van der Waals surface area contributed by atoms with E-state index in [2.05, 4.69) is 0 Å². The number of benzene rings is 2. The van der Waals surface area contributed by atoms with Crippen molar-refractivity contribution in [2.24, 2.45) is 0 Å². The van der Waals surface area contributed by atoms with Gasteiger partial charge < -0.3 is 4.74 Å². The van der Waals surface area contributed by atoms with Gasteiger partial charge in [0, 0.05) is 17.0 Å². The molecule has 0 heterocycles. The van der Waals surface area contributed by atoms with Gasteiger partial charge in [0.1, 0.15) is 11.6 Å². The van der Waals surface area contributed by atoms with Crippen molar-refractivity contribution >= 4 is 17.4 Å². The van der Waals surface area contributed by atoms with Gasteiger partial charge in [-0.15, -0.1) is 0 Å². The van der Waals surface area contributed by atoms with Gasteiger partial charge in [0.15, 0.2) is 5.78 Å². The summed E-state index contributed by atoms with van der Waals surface area (Å²) in [4.78, 5) is 12.3. The average Bonchev–Trinajstić information content (AvgIpc) is 2.41. The summed E-state index contributed by atoms with van der Waals surface area (Å²) in [5, 5.41) is 0.262. The van der Waals surface area contributed by atoms with E-state index in [4.69, 9.17) is 16.3 Å². The van der Waals surface area contributed by atoms with Gasteiger partial charge in [-0.2, -0.15) is 0 Å². The highest BCUT2D eigenvalue weighted by molar-refractivity contribution is 6.31. The Bertz CT molecular complexity index is 653. The molecule has 21 heavy (non-hydrogen) atoms. The molecular formula is C17H16ClFO2. The molecule has 0 aliphatic rings. The molecule has 0 spiro atoms. The van der Waals surface area contributed by atoms with Gasteiger partial charge in [-0.05, 0) is 43.7 Å². The maximum atomic E-state index is 13.0. The lowest BCUT2D eigenvalue weighted by Crippen LogP contribution is -2.08. The minimum Gasteiger partial charge on any atom is -0.491 e. The van der Waals surface area contributed by atoms with Crippen LogP contribution < -0.4 is 4.74 Å². The molecule has 0 aliphatic heterocycles. The normalized spacial score (nSPS) is 10.7. The quantitative estimate of drug-likeness (QED) is 0.749. The maximum Gasteiger partial charge on any atom is 0.167 e. The van der Waals surface area contributed by atoms with Gasteiger partial charge in [-0.25, -0.2) is 4.39 Å². The largest absolute Gasteiger partial charge is 0.491 e. The van der Waals surface area contributed by atoms with E-state index in [1.54, 1.807) is 18.2 Å². The standard InChI is InChI=1S/C17H16ClFO2/c1-11(2)21-15-5-3-4-13(8-15)17(20)9-12-6-7-14(19)10-16(12)18/h3-8,10-11H,9H2,1-2H3. The lowest BCUT2D eigenvalue weighted by molar-refractivity contribution is 0.0992. The van der Waals surface area contributed by atoms with E-state index in [0.717, 1.165) is 0 Å². The predicted octanol–water partition coefficient (Wildman–Crippen LogP) is 4.69. The average molecular weight is 307 g/mol. The Kier molecular flexibility index (Phi) is 4.97. The van der Waals surface area contributed by atoms with Crippen molar-refractivity contribution in [2.45, 2.75) is 26.4 Å². The molecule has 0 saturated carbocycles. The van der Waals surface area contributed by atoms with Crippen LogP contribution in [0, 0.1) is 5.82 Å². The second-order valence-electron chi connectivity index (χ2n) is 5.03. The molecule has 0 radical (unpaired) electrons. The van der Waals surface area contributed by atoms with E-state index in [1.165, 1.54) is 18.2 Å². The van der Waals surface area contributed by atoms with Gasteiger partial charge in [0.2, 0.25) is 0 Å². The maximum absolute atomic E-state index is 13.0. The summed E-state index contributed by atoms with van der Waals surface area (Å²) in [7, 11) is 0. The monoisotopic (exact) mass is 306 g/mol. The summed E-state index contributed by atoms with van der Waals surface area (Å²) in [6.45, 7) is 3.85. The molecule has 2 aromatic rings. The predicted molar refractivity (Wildman–Crippen MR) is 81.7 cm³/mol. The first kappa shape index (κ1) is 15.5. The van der Waals surface area contributed by atoms with E-state index in [1.807, 2.05) is 19.9 Å². The SMILES string of the molecule is CC(C)Oc1cccc(C(=O)Cc2ccc(F)cc2Cl)c1. The third-order valence-electron chi connectivity index (χ3n) is 2.89. The van der Waals surface area contributed by atoms with Crippen molar-refractivity contribution in [3.63, 3.8) is 0 Å². The molecule has 0 unspecified atom stereocenters. The topological polar surface area (TPSA) is 26.3 Å². The molecule has 4 heteroatoms. The third-order valence-corrected chi connectivity index (χ3v) is 3.25. The Balaban J connectivity index is 2.16. The summed E-state index contributed by atoms with van der Waals surface area (Å²) in [6, 6.07) is 11.1. The summed E-state index contributed by atoms with van der Waals surface area (Å²) >= 11 is 5.94. The Morgan fingerprint density at radius 1 is 1.24 bits per heavy atom. The van der Waals surface area contributed by atoms with Crippen LogP contribution in [-0.4, -0.2) is 11.9 Å². The van der Waals surface area contributed by atoms with Gasteiger partial charge in [-0.1, -0.05) is 29.8 Å². The molecule has 0 N–H and O–H groups in total. The van der Waals surface area contributed by atoms with Crippen LogP contribution in [-0.2, 0) is 6.42 Å². The van der Waals surface area contributed by atoms with Crippen molar-refractivity contribution in [1.82, 2.24) is 0 Å². The molecule has 0 aromatic heterocycles. The van der Waals surface area contributed by atoms with Gasteiger partial charge in [-0.3, -0.25) is 4.79 Å². The summed E-state index contributed by atoms with van der Waals surface area (Å²) < 4.78 is 18.6. The molecule has 0 bridgehead atoms. The van der Waals surface area contributed by atoms with Crippen molar-refractivity contribution in [3.8, 4) is 5.75 Å². The van der Waals surface area contributed by atoms with E-state index in [-0.39, 0.29) is 23.3 Å². The first-order valence-corrected chi connectivity index (χ1v) is 7.07.